The molecule has 0 unspecified atom stereocenters. The highest BCUT2D eigenvalue weighted by Gasteiger charge is 2.54. The molecule has 1 aliphatic rings. The Balaban J connectivity index is 1.61. The Morgan fingerprint density at radius 1 is 0.778 bits per heavy atom. The van der Waals surface area contributed by atoms with Crippen LogP contribution in [0.25, 0.3) is 0 Å². The lowest BCUT2D eigenvalue weighted by Gasteiger charge is -2.44. The van der Waals surface area contributed by atoms with Gasteiger partial charge in [-0.1, -0.05) is 112 Å². The topological polar surface area (TPSA) is 36.9 Å². The largest absolute Gasteiger partial charge is 0.405 e. The fourth-order valence-electron chi connectivity index (χ4n) is 5.36. The first-order valence-corrected chi connectivity index (χ1v) is 14.7. The second-order valence-electron chi connectivity index (χ2n) is 11.4. The quantitative estimate of drug-likeness (QED) is 0.351. The highest BCUT2D eigenvalue weighted by atomic mass is 28.4. The van der Waals surface area contributed by atoms with E-state index in [1.54, 1.807) is 0 Å². The van der Waals surface area contributed by atoms with Gasteiger partial charge in [0.15, 0.2) is 5.79 Å². The normalized spacial score (nSPS) is 22.0. The molecule has 0 aliphatic carbocycles. The summed E-state index contributed by atoms with van der Waals surface area (Å²) < 4.78 is 26.2. The molecule has 0 saturated carbocycles. The summed E-state index contributed by atoms with van der Waals surface area (Å²) >= 11 is 0. The van der Waals surface area contributed by atoms with Crippen molar-refractivity contribution in [2.45, 2.75) is 70.7 Å². The highest BCUT2D eigenvalue weighted by Crippen LogP contribution is 2.40. The zero-order chi connectivity index (χ0) is 25.9. The predicted molar refractivity (Wildman–Crippen MR) is 148 cm³/mol. The van der Waals surface area contributed by atoms with Crippen LogP contribution < -0.4 is 10.4 Å². The molecule has 1 heterocycles. The monoisotopic (exact) mass is 504 g/mol. The van der Waals surface area contributed by atoms with Gasteiger partial charge in [0.1, 0.15) is 11.7 Å². The molecule has 0 bridgehead atoms. The van der Waals surface area contributed by atoms with Gasteiger partial charge in [-0.2, -0.15) is 0 Å². The van der Waals surface area contributed by atoms with Crippen molar-refractivity contribution in [2.75, 3.05) is 13.2 Å². The molecule has 0 aromatic heterocycles. The van der Waals surface area contributed by atoms with Gasteiger partial charge in [0.2, 0.25) is 0 Å². The maximum absolute atomic E-state index is 7.18. The summed E-state index contributed by atoms with van der Waals surface area (Å²) in [5.41, 5.74) is 0.503. The Morgan fingerprint density at radius 3 is 1.78 bits per heavy atom. The lowest BCUT2D eigenvalue weighted by molar-refractivity contribution is -0.171. The Kier molecular flexibility index (Phi) is 7.88. The lowest BCUT2D eigenvalue weighted by Crippen LogP contribution is -2.67. The molecule has 2 atom stereocenters. The van der Waals surface area contributed by atoms with E-state index in [0.717, 1.165) is 5.56 Å². The van der Waals surface area contributed by atoms with Crippen molar-refractivity contribution in [3.8, 4) is 0 Å². The van der Waals surface area contributed by atoms with Crippen LogP contribution in [-0.2, 0) is 25.2 Å². The Labute approximate surface area is 217 Å². The molecule has 0 amide bonds. The van der Waals surface area contributed by atoms with Crippen molar-refractivity contribution in [3.05, 3.63) is 96.6 Å². The van der Waals surface area contributed by atoms with Crippen LogP contribution in [0.4, 0.5) is 0 Å². The number of hydrogen-bond donors (Lipinski definition) is 0. The molecule has 3 aromatic rings. The molecule has 192 valence electrons. The van der Waals surface area contributed by atoms with E-state index in [1.165, 1.54) is 10.4 Å². The van der Waals surface area contributed by atoms with E-state index in [9.17, 15) is 0 Å². The summed E-state index contributed by atoms with van der Waals surface area (Å²) in [6.07, 6.45) is -0.273. The third kappa shape index (κ3) is 5.66. The van der Waals surface area contributed by atoms with Crippen LogP contribution in [0.5, 0.6) is 0 Å². The van der Waals surface area contributed by atoms with Gasteiger partial charge in [0, 0.05) is 0 Å². The molecular weight excluding hydrogens is 464 g/mol. The van der Waals surface area contributed by atoms with Crippen molar-refractivity contribution in [1.82, 2.24) is 0 Å². The van der Waals surface area contributed by atoms with Crippen LogP contribution in [0.15, 0.2) is 91.0 Å². The molecule has 1 saturated heterocycles. The van der Waals surface area contributed by atoms with Crippen LogP contribution in [-0.4, -0.2) is 39.0 Å². The minimum atomic E-state index is -2.69. The van der Waals surface area contributed by atoms with Gasteiger partial charge in [0.05, 0.1) is 19.8 Å². The Hall–Kier alpha value is -2.28. The molecule has 4 nitrogen and oxygen atoms in total. The molecule has 0 radical (unpaired) electrons. The first kappa shape index (κ1) is 26.8. The summed E-state index contributed by atoms with van der Waals surface area (Å²) in [4.78, 5) is 0. The van der Waals surface area contributed by atoms with Crippen molar-refractivity contribution in [2.24, 2.45) is 0 Å². The molecular formula is C31H40O4Si. The zero-order valence-electron chi connectivity index (χ0n) is 22.5. The SMILES string of the molecule is CC1(C)O[C@H](CO[Si](c2ccccc2)(c2ccccc2)C(C)(C)C)[C@](C)(COCc2ccccc2)O1. The van der Waals surface area contributed by atoms with E-state index in [0.29, 0.717) is 19.8 Å². The third-order valence-electron chi connectivity index (χ3n) is 6.95. The van der Waals surface area contributed by atoms with E-state index < -0.39 is 19.7 Å². The van der Waals surface area contributed by atoms with Crippen LogP contribution in [0, 0.1) is 0 Å². The molecule has 4 rings (SSSR count). The molecule has 36 heavy (non-hydrogen) atoms. The van der Waals surface area contributed by atoms with Crippen LogP contribution in [0.3, 0.4) is 0 Å². The summed E-state index contributed by atoms with van der Waals surface area (Å²) in [7, 11) is -2.69. The molecule has 0 spiro atoms. The third-order valence-corrected chi connectivity index (χ3v) is 12.0. The van der Waals surface area contributed by atoms with Crippen LogP contribution in [0.2, 0.25) is 5.04 Å². The second-order valence-corrected chi connectivity index (χ2v) is 15.7. The lowest BCUT2D eigenvalue weighted by atomic mass is 10.0. The predicted octanol–water partition coefficient (Wildman–Crippen LogP) is 5.69. The summed E-state index contributed by atoms with van der Waals surface area (Å²) in [6.45, 7) is 14.2. The minimum Gasteiger partial charge on any atom is -0.405 e. The van der Waals surface area contributed by atoms with Gasteiger partial charge < -0.3 is 18.6 Å². The first-order valence-electron chi connectivity index (χ1n) is 12.8. The zero-order valence-corrected chi connectivity index (χ0v) is 23.5. The maximum Gasteiger partial charge on any atom is 0.261 e. The van der Waals surface area contributed by atoms with Crippen molar-refractivity contribution in [1.29, 1.82) is 0 Å². The fraction of sp³-hybridized carbons (Fsp3) is 0.419. The van der Waals surface area contributed by atoms with Crippen molar-refractivity contribution >= 4 is 18.7 Å². The van der Waals surface area contributed by atoms with E-state index in [1.807, 2.05) is 32.0 Å². The molecule has 1 fully saturated rings. The van der Waals surface area contributed by atoms with Gasteiger partial charge in [0.25, 0.3) is 8.32 Å². The molecule has 1 aliphatic heterocycles. The fourth-order valence-corrected chi connectivity index (χ4v) is 9.92. The Morgan fingerprint density at radius 2 is 1.28 bits per heavy atom. The second kappa shape index (κ2) is 10.6. The minimum absolute atomic E-state index is 0.106. The van der Waals surface area contributed by atoms with Crippen LogP contribution >= 0.6 is 0 Å². The van der Waals surface area contributed by atoms with E-state index in [-0.39, 0.29) is 11.1 Å². The van der Waals surface area contributed by atoms with Gasteiger partial charge in [-0.3, -0.25) is 0 Å². The number of hydrogen-bond acceptors (Lipinski definition) is 4. The smallest absolute Gasteiger partial charge is 0.261 e. The van der Waals surface area contributed by atoms with E-state index in [4.69, 9.17) is 18.6 Å². The maximum atomic E-state index is 7.18. The summed E-state index contributed by atoms with van der Waals surface area (Å²) in [6, 6.07) is 31.6. The number of ether oxygens (including phenoxy) is 3. The molecule has 3 aromatic carbocycles. The van der Waals surface area contributed by atoms with Crippen molar-refractivity contribution in [3.63, 3.8) is 0 Å². The van der Waals surface area contributed by atoms with Crippen LogP contribution in [0.1, 0.15) is 47.1 Å². The summed E-state index contributed by atoms with van der Waals surface area (Å²) in [5, 5.41) is 2.40. The summed E-state index contributed by atoms with van der Waals surface area (Å²) in [5.74, 6) is -0.718. The van der Waals surface area contributed by atoms with Gasteiger partial charge >= 0.3 is 0 Å². The average Bonchev–Trinajstić information content (AvgIpc) is 3.08. The first-order chi connectivity index (χ1) is 17.1. The number of benzene rings is 3. The van der Waals surface area contributed by atoms with Gasteiger partial charge in [-0.15, -0.1) is 0 Å². The van der Waals surface area contributed by atoms with Gasteiger partial charge in [-0.05, 0) is 41.7 Å². The van der Waals surface area contributed by atoms with E-state index in [2.05, 4.69) is 100 Å². The van der Waals surface area contributed by atoms with Gasteiger partial charge in [-0.25, -0.2) is 0 Å². The Bertz CT molecular complexity index is 1060. The highest BCUT2D eigenvalue weighted by molar-refractivity contribution is 6.99. The number of rotatable bonds is 9. The molecule has 5 heteroatoms. The standard InChI is InChI=1S/C31H40O4Si/c1-29(2,3)36(26-18-12-8-13-19-26,27-20-14-9-15-21-27)33-23-28-31(6,35-30(4,5)34-28)24-32-22-25-16-10-7-11-17-25/h7-21,28H,22-24H2,1-6H3/t28-,31+/m1/s1. The molecule has 0 N–H and O–H groups in total. The average molecular weight is 505 g/mol. The van der Waals surface area contributed by atoms with Crippen molar-refractivity contribution < 1.29 is 18.6 Å². The van der Waals surface area contributed by atoms with E-state index >= 15 is 0 Å².